The van der Waals surface area contributed by atoms with Crippen molar-refractivity contribution in [1.29, 1.82) is 0 Å². The number of carbonyl (C=O) groups is 1. The van der Waals surface area contributed by atoms with Gasteiger partial charge in [0.25, 0.3) is 5.56 Å². The van der Waals surface area contributed by atoms with E-state index in [2.05, 4.69) is 4.98 Å². The highest BCUT2D eigenvalue weighted by molar-refractivity contribution is 6.30. The third-order valence-corrected chi connectivity index (χ3v) is 4.89. The fourth-order valence-electron chi connectivity index (χ4n) is 3.21. The minimum atomic E-state index is -0.367. The molecule has 7 heteroatoms. The minimum Gasteiger partial charge on any atom is -0.448 e. The van der Waals surface area contributed by atoms with E-state index >= 15 is 0 Å². The Morgan fingerprint density at radius 3 is 2.82 bits per heavy atom. The quantitative estimate of drug-likeness (QED) is 0.514. The highest BCUT2D eigenvalue weighted by Gasteiger charge is 2.17. The van der Waals surface area contributed by atoms with Crippen LogP contribution in [0.4, 0.5) is 0 Å². The fourth-order valence-corrected chi connectivity index (χ4v) is 3.42. The van der Waals surface area contributed by atoms with Crippen LogP contribution in [0.25, 0.3) is 22.1 Å². The van der Waals surface area contributed by atoms with Crippen LogP contribution >= 0.6 is 11.6 Å². The van der Waals surface area contributed by atoms with Gasteiger partial charge in [-0.2, -0.15) is 0 Å². The molecule has 0 unspecified atom stereocenters. The van der Waals surface area contributed by atoms with Gasteiger partial charge < -0.3 is 9.32 Å². The van der Waals surface area contributed by atoms with Crippen molar-refractivity contribution in [3.05, 3.63) is 75.8 Å². The Morgan fingerprint density at radius 1 is 1.21 bits per heavy atom. The largest absolute Gasteiger partial charge is 0.448 e. The van der Waals surface area contributed by atoms with E-state index in [1.165, 1.54) is 10.9 Å². The normalized spacial score (nSPS) is 11.2. The van der Waals surface area contributed by atoms with Crippen LogP contribution in [0.15, 0.2) is 64.1 Å². The summed E-state index contributed by atoms with van der Waals surface area (Å²) in [4.78, 5) is 31.6. The molecule has 2 heterocycles. The second-order valence-electron chi connectivity index (χ2n) is 6.49. The van der Waals surface area contributed by atoms with Crippen molar-refractivity contribution in [2.75, 3.05) is 6.54 Å². The lowest BCUT2D eigenvalue weighted by molar-refractivity contribution is -0.132. The van der Waals surface area contributed by atoms with E-state index in [9.17, 15) is 9.59 Å². The summed E-state index contributed by atoms with van der Waals surface area (Å²) in [5.41, 5.74) is 1.83. The average Bonchev–Trinajstić information content (AvgIpc) is 3.08. The molecule has 2 aromatic heterocycles. The molecular weight excluding hydrogens is 378 g/mol. The maximum atomic E-state index is 12.8. The number of amides is 1. The van der Waals surface area contributed by atoms with Crippen molar-refractivity contribution in [2.45, 2.75) is 20.0 Å². The molecule has 0 aliphatic carbocycles. The van der Waals surface area contributed by atoms with Gasteiger partial charge in [0.1, 0.15) is 17.6 Å². The molecule has 0 radical (unpaired) electrons. The topological polar surface area (TPSA) is 68.3 Å². The predicted octanol–water partition coefficient (Wildman–Crippen LogP) is 3.84. The lowest BCUT2D eigenvalue weighted by atomic mass is 10.2. The predicted molar refractivity (Wildman–Crippen MR) is 108 cm³/mol. The number of halogens is 1. The number of carbonyl (C=O) groups excluding carboxylic acids is 1. The number of para-hydroxylation sites is 1. The zero-order chi connectivity index (χ0) is 19.7. The van der Waals surface area contributed by atoms with Crippen LogP contribution in [-0.2, 0) is 17.9 Å². The molecule has 6 nitrogen and oxygen atoms in total. The Balaban J connectivity index is 1.61. The molecule has 0 aliphatic rings. The molecule has 2 aromatic carbocycles. The molecule has 0 bridgehead atoms. The molecule has 4 aromatic rings. The SMILES string of the molecule is CCN(Cc1cccc(Cl)c1)C(=O)Cn1cnc2c(oc3ccccc32)c1=O. The molecule has 28 heavy (non-hydrogen) atoms. The van der Waals surface area contributed by atoms with Crippen molar-refractivity contribution in [2.24, 2.45) is 0 Å². The zero-order valence-corrected chi connectivity index (χ0v) is 16.0. The van der Waals surface area contributed by atoms with E-state index in [0.29, 0.717) is 29.2 Å². The van der Waals surface area contributed by atoms with Gasteiger partial charge in [-0.15, -0.1) is 0 Å². The molecular formula is C21H18ClN3O3. The van der Waals surface area contributed by atoms with E-state index in [1.807, 2.05) is 43.3 Å². The monoisotopic (exact) mass is 395 g/mol. The van der Waals surface area contributed by atoms with Gasteiger partial charge in [-0.1, -0.05) is 35.9 Å². The first kappa shape index (κ1) is 18.3. The number of furan rings is 1. The summed E-state index contributed by atoms with van der Waals surface area (Å²) in [6.07, 6.45) is 1.40. The van der Waals surface area contributed by atoms with E-state index in [0.717, 1.165) is 10.9 Å². The first-order valence-corrected chi connectivity index (χ1v) is 9.33. The van der Waals surface area contributed by atoms with Crippen molar-refractivity contribution in [3.63, 3.8) is 0 Å². The first-order valence-electron chi connectivity index (χ1n) is 8.95. The number of aromatic nitrogens is 2. The molecule has 142 valence electrons. The van der Waals surface area contributed by atoms with Crippen molar-refractivity contribution in [3.8, 4) is 0 Å². The Kier molecular flexibility index (Phi) is 4.88. The third-order valence-electron chi connectivity index (χ3n) is 4.65. The molecule has 0 aliphatic heterocycles. The summed E-state index contributed by atoms with van der Waals surface area (Å²) in [5, 5.41) is 1.40. The van der Waals surface area contributed by atoms with Crippen molar-refractivity contribution < 1.29 is 9.21 Å². The molecule has 0 spiro atoms. The van der Waals surface area contributed by atoms with Gasteiger partial charge in [0.2, 0.25) is 11.5 Å². The van der Waals surface area contributed by atoms with Crippen LogP contribution in [-0.4, -0.2) is 26.9 Å². The second kappa shape index (κ2) is 7.48. The summed E-state index contributed by atoms with van der Waals surface area (Å²) in [6, 6.07) is 14.7. The Morgan fingerprint density at radius 2 is 2.04 bits per heavy atom. The molecule has 0 saturated heterocycles. The number of benzene rings is 2. The van der Waals surface area contributed by atoms with Gasteiger partial charge in [0.05, 0.1) is 6.33 Å². The summed E-state index contributed by atoms with van der Waals surface area (Å²) in [6.45, 7) is 2.73. The molecule has 4 rings (SSSR count). The van der Waals surface area contributed by atoms with E-state index in [1.54, 1.807) is 17.0 Å². The number of fused-ring (bicyclic) bond motifs is 3. The van der Waals surface area contributed by atoms with Crippen molar-refractivity contribution in [1.82, 2.24) is 14.5 Å². The highest BCUT2D eigenvalue weighted by atomic mass is 35.5. The van der Waals surface area contributed by atoms with Gasteiger partial charge in [-0.25, -0.2) is 4.98 Å². The van der Waals surface area contributed by atoms with Crippen LogP contribution in [0.2, 0.25) is 5.02 Å². The van der Waals surface area contributed by atoms with Gasteiger partial charge in [0.15, 0.2) is 0 Å². The third kappa shape index (κ3) is 3.39. The summed E-state index contributed by atoms with van der Waals surface area (Å²) in [5.74, 6) is -0.179. The van der Waals surface area contributed by atoms with Gasteiger partial charge >= 0.3 is 0 Å². The van der Waals surface area contributed by atoms with E-state index < -0.39 is 0 Å². The molecule has 1 amide bonds. The van der Waals surface area contributed by atoms with Crippen molar-refractivity contribution >= 4 is 39.6 Å². The number of nitrogens with zero attached hydrogens (tertiary/aromatic N) is 3. The lowest BCUT2D eigenvalue weighted by Gasteiger charge is -2.21. The molecule has 0 atom stereocenters. The zero-order valence-electron chi connectivity index (χ0n) is 15.3. The summed E-state index contributed by atoms with van der Waals surface area (Å²) in [7, 11) is 0. The van der Waals surface area contributed by atoms with E-state index in [4.69, 9.17) is 16.0 Å². The Hall–Kier alpha value is -3.12. The minimum absolute atomic E-state index is 0.104. The standard InChI is InChI=1S/C21H18ClN3O3/c1-2-24(11-14-6-5-7-15(22)10-14)18(26)12-25-13-23-19-16-8-3-4-9-17(16)28-20(19)21(25)27/h3-10,13H,2,11-12H2,1H3. The van der Waals surface area contributed by atoms with Crippen LogP contribution in [0.3, 0.4) is 0 Å². The number of hydrogen-bond acceptors (Lipinski definition) is 4. The van der Waals surface area contributed by atoms with Crippen LogP contribution in [0.5, 0.6) is 0 Å². The smallest absolute Gasteiger partial charge is 0.297 e. The summed E-state index contributed by atoms with van der Waals surface area (Å²) >= 11 is 6.02. The highest BCUT2D eigenvalue weighted by Crippen LogP contribution is 2.24. The number of likely N-dealkylation sites (N-methyl/N-ethyl adjacent to an activating group) is 1. The van der Waals surface area contributed by atoms with Crippen LogP contribution < -0.4 is 5.56 Å². The molecule has 0 saturated carbocycles. The van der Waals surface area contributed by atoms with Gasteiger partial charge in [-0.05, 0) is 36.8 Å². The van der Waals surface area contributed by atoms with Gasteiger partial charge in [0, 0.05) is 23.5 Å². The molecule has 0 fully saturated rings. The Bertz CT molecular complexity index is 1230. The average molecular weight is 396 g/mol. The van der Waals surface area contributed by atoms with Crippen LogP contribution in [0, 0.1) is 0 Å². The summed E-state index contributed by atoms with van der Waals surface area (Å²) < 4.78 is 6.95. The second-order valence-corrected chi connectivity index (χ2v) is 6.93. The maximum absolute atomic E-state index is 12.8. The number of rotatable bonds is 5. The first-order chi connectivity index (χ1) is 13.6. The number of hydrogen-bond donors (Lipinski definition) is 0. The maximum Gasteiger partial charge on any atom is 0.297 e. The molecule has 0 N–H and O–H groups in total. The van der Waals surface area contributed by atoms with Crippen LogP contribution in [0.1, 0.15) is 12.5 Å². The fraction of sp³-hybridized carbons (Fsp3) is 0.190. The lowest BCUT2D eigenvalue weighted by Crippen LogP contribution is -2.36. The Labute approximate surface area is 166 Å². The van der Waals surface area contributed by atoms with Gasteiger partial charge in [-0.3, -0.25) is 14.2 Å². The van der Waals surface area contributed by atoms with E-state index in [-0.39, 0.29) is 23.6 Å².